The molecule has 1 aromatic rings. The van der Waals surface area contributed by atoms with Gasteiger partial charge in [-0.25, -0.2) is 5.01 Å². The lowest BCUT2D eigenvalue weighted by atomic mass is 10.0. The Kier molecular flexibility index (Phi) is 3.39. The van der Waals surface area contributed by atoms with E-state index in [0.29, 0.717) is 6.42 Å². The third kappa shape index (κ3) is 2.16. The van der Waals surface area contributed by atoms with Crippen LogP contribution in [0, 0.1) is 0 Å². The molecule has 1 aliphatic heterocycles. The molecular weight excluding hydrogens is 268 g/mol. The van der Waals surface area contributed by atoms with Crippen molar-refractivity contribution in [2.24, 2.45) is 5.10 Å². The third-order valence-electron chi connectivity index (χ3n) is 2.64. The minimum absolute atomic E-state index is 0.0700. The summed E-state index contributed by atoms with van der Waals surface area (Å²) in [7, 11) is 0. The van der Waals surface area contributed by atoms with Crippen LogP contribution in [0.5, 0.6) is 0 Å². The number of hydrogen-bond donors (Lipinski definition) is 0. The first-order valence-corrected chi connectivity index (χ1v) is 6.11. The Labute approximate surface area is 103 Å². The SMILES string of the molecule is CCC(=O)N1N=CCC1c1ccc(Br)cc1. The highest BCUT2D eigenvalue weighted by Crippen LogP contribution is 2.29. The van der Waals surface area contributed by atoms with E-state index in [0.717, 1.165) is 16.5 Å². The first-order chi connectivity index (χ1) is 7.72. The quantitative estimate of drug-likeness (QED) is 0.819. The van der Waals surface area contributed by atoms with Gasteiger partial charge in [0, 0.05) is 23.5 Å². The number of carbonyl (C=O) groups excluding carboxylic acids is 1. The van der Waals surface area contributed by atoms with Crippen molar-refractivity contribution in [1.29, 1.82) is 0 Å². The molecule has 4 heteroatoms. The fourth-order valence-corrected chi connectivity index (χ4v) is 2.04. The molecule has 1 amide bonds. The van der Waals surface area contributed by atoms with Gasteiger partial charge in [0.05, 0.1) is 6.04 Å². The van der Waals surface area contributed by atoms with Crippen molar-refractivity contribution in [3.05, 3.63) is 34.3 Å². The summed E-state index contributed by atoms with van der Waals surface area (Å²) < 4.78 is 1.04. The van der Waals surface area contributed by atoms with Crippen molar-refractivity contribution in [1.82, 2.24) is 5.01 Å². The molecule has 1 atom stereocenters. The Bertz CT molecular complexity index is 414. The first kappa shape index (κ1) is 11.3. The molecule has 16 heavy (non-hydrogen) atoms. The lowest BCUT2D eigenvalue weighted by Crippen LogP contribution is -2.26. The van der Waals surface area contributed by atoms with Crippen molar-refractivity contribution in [3.63, 3.8) is 0 Å². The predicted molar refractivity (Wildman–Crippen MR) is 67.1 cm³/mol. The van der Waals surface area contributed by atoms with E-state index >= 15 is 0 Å². The number of carbonyl (C=O) groups is 1. The predicted octanol–water partition coefficient (Wildman–Crippen LogP) is 3.12. The maximum atomic E-state index is 11.7. The van der Waals surface area contributed by atoms with Gasteiger partial charge in [0.2, 0.25) is 5.91 Å². The number of amides is 1. The van der Waals surface area contributed by atoms with Crippen LogP contribution in [0.15, 0.2) is 33.8 Å². The largest absolute Gasteiger partial charge is 0.273 e. The molecule has 0 aromatic heterocycles. The Hall–Kier alpha value is -1.16. The fourth-order valence-electron chi connectivity index (χ4n) is 1.78. The average molecular weight is 281 g/mol. The molecule has 3 nitrogen and oxygen atoms in total. The lowest BCUT2D eigenvalue weighted by molar-refractivity contribution is -0.132. The van der Waals surface area contributed by atoms with E-state index in [1.807, 2.05) is 31.2 Å². The highest BCUT2D eigenvalue weighted by Gasteiger charge is 2.26. The summed E-state index contributed by atoms with van der Waals surface area (Å²) in [6, 6.07) is 8.10. The number of rotatable bonds is 2. The Balaban J connectivity index is 2.21. The van der Waals surface area contributed by atoms with Crippen molar-refractivity contribution < 1.29 is 4.79 Å². The molecule has 0 N–H and O–H groups in total. The number of nitrogens with zero attached hydrogens (tertiary/aromatic N) is 2. The standard InChI is InChI=1S/C12H13BrN2O/c1-2-12(16)15-11(7-8-14-15)9-3-5-10(13)6-4-9/h3-6,8,11H,2,7H2,1H3. The van der Waals surface area contributed by atoms with Gasteiger partial charge in [-0.05, 0) is 17.7 Å². The normalized spacial score (nSPS) is 19.1. The van der Waals surface area contributed by atoms with Crippen LogP contribution in [0.25, 0.3) is 0 Å². The zero-order chi connectivity index (χ0) is 11.5. The summed E-state index contributed by atoms with van der Waals surface area (Å²) in [5.41, 5.74) is 1.13. The van der Waals surface area contributed by atoms with Gasteiger partial charge in [-0.3, -0.25) is 4.79 Å². The number of hydrazone groups is 1. The molecule has 0 fully saturated rings. The van der Waals surface area contributed by atoms with Crippen LogP contribution in [0.4, 0.5) is 0 Å². The number of hydrogen-bond acceptors (Lipinski definition) is 2. The van der Waals surface area contributed by atoms with Crippen molar-refractivity contribution in [2.45, 2.75) is 25.8 Å². The number of halogens is 1. The maximum absolute atomic E-state index is 11.7. The van der Waals surface area contributed by atoms with Crippen molar-refractivity contribution >= 4 is 28.1 Å². The molecule has 0 aliphatic carbocycles. The van der Waals surface area contributed by atoms with Crippen molar-refractivity contribution in [2.75, 3.05) is 0 Å². The second-order valence-electron chi connectivity index (χ2n) is 3.69. The lowest BCUT2D eigenvalue weighted by Gasteiger charge is -2.21. The van der Waals surface area contributed by atoms with Crippen LogP contribution in [0.1, 0.15) is 31.4 Å². The molecule has 1 aliphatic rings. The molecule has 0 saturated carbocycles. The Morgan fingerprint density at radius 3 is 2.81 bits per heavy atom. The average Bonchev–Trinajstić information content (AvgIpc) is 2.78. The summed E-state index contributed by atoms with van der Waals surface area (Å²) in [5.74, 6) is 0.0710. The van der Waals surface area contributed by atoms with Gasteiger partial charge in [-0.15, -0.1) is 0 Å². The van der Waals surface area contributed by atoms with Crippen LogP contribution in [-0.2, 0) is 4.79 Å². The second kappa shape index (κ2) is 4.78. The highest BCUT2D eigenvalue weighted by molar-refractivity contribution is 9.10. The Morgan fingerprint density at radius 2 is 2.19 bits per heavy atom. The summed E-state index contributed by atoms with van der Waals surface area (Å²) in [6.45, 7) is 1.86. The molecule has 1 unspecified atom stereocenters. The first-order valence-electron chi connectivity index (χ1n) is 5.32. The third-order valence-corrected chi connectivity index (χ3v) is 3.17. The van der Waals surface area contributed by atoms with Crippen LogP contribution >= 0.6 is 15.9 Å². The van der Waals surface area contributed by atoms with Gasteiger partial charge in [0.15, 0.2) is 0 Å². The van der Waals surface area contributed by atoms with E-state index in [2.05, 4.69) is 21.0 Å². The smallest absolute Gasteiger partial charge is 0.242 e. The zero-order valence-electron chi connectivity index (χ0n) is 9.06. The minimum Gasteiger partial charge on any atom is -0.273 e. The molecule has 1 aromatic carbocycles. The molecule has 0 spiro atoms. The maximum Gasteiger partial charge on any atom is 0.242 e. The van der Waals surface area contributed by atoms with Gasteiger partial charge in [0.25, 0.3) is 0 Å². The number of benzene rings is 1. The highest BCUT2D eigenvalue weighted by atomic mass is 79.9. The summed E-state index contributed by atoms with van der Waals surface area (Å²) in [5, 5.41) is 5.72. The minimum atomic E-state index is 0.0700. The Morgan fingerprint density at radius 1 is 1.50 bits per heavy atom. The zero-order valence-corrected chi connectivity index (χ0v) is 10.6. The fraction of sp³-hybridized carbons (Fsp3) is 0.333. The van der Waals surface area contributed by atoms with E-state index < -0.39 is 0 Å². The summed E-state index contributed by atoms with van der Waals surface area (Å²) >= 11 is 3.40. The van der Waals surface area contributed by atoms with E-state index in [9.17, 15) is 4.79 Å². The summed E-state index contributed by atoms with van der Waals surface area (Å²) in [6.07, 6.45) is 3.10. The van der Waals surface area contributed by atoms with Gasteiger partial charge < -0.3 is 0 Å². The second-order valence-corrected chi connectivity index (χ2v) is 4.61. The molecular formula is C12H13BrN2O. The van der Waals surface area contributed by atoms with Gasteiger partial charge >= 0.3 is 0 Å². The van der Waals surface area contributed by atoms with E-state index in [-0.39, 0.29) is 11.9 Å². The van der Waals surface area contributed by atoms with Crippen LogP contribution in [0.2, 0.25) is 0 Å². The molecule has 1 heterocycles. The van der Waals surface area contributed by atoms with Gasteiger partial charge in [-0.1, -0.05) is 35.0 Å². The molecule has 0 saturated heterocycles. The van der Waals surface area contributed by atoms with E-state index in [4.69, 9.17) is 0 Å². The van der Waals surface area contributed by atoms with Crippen LogP contribution in [-0.4, -0.2) is 17.1 Å². The topological polar surface area (TPSA) is 32.7 Å². The van der Waals surface area contributed by atoms with Crippen molar-refractivity contribution in [3.8, 4) is 0 Å². The monoisotopic (exact) mass is 280 g/mol. The van der Waals surface area contributed by atoms with E-state index in [1.54, 1.807) is 11.2 Å². The molecule has 2 rings (SSSR count). The molecule has 84 valence electrons. The van der Waals surface area contributed by atoms with Crippen LogP contribution in [0.3, 0.4) is 0 Å². The van der Waals surface area contributed by atoms with Gasteiger partial charge in [-0.2, -0.15) is 5.10 Å². The van der Waals surface area contributed by atoms with Gasteiger partial charge in [0.1, 0.15) is 0 Å². The van der Waals surface area contributed by atoms with E-state index in [1.165, 1.54) is 0 Å². The summed E-state index contributed by atoms with van der Waals surface area (Å²) in [4.78, 5) is 11.7. The molecule has 0 radical (unpaired) electrons. The van der Waals surface area contributed by atoms with Crippen LogP contribution < -0.4 is 0 Å². The molecule has 0 bridgehead atoms.